The molecule has 1 heterocycles. The first-order chi connectivity index (χ1) is 7.62. The summed E-state index contributed by atoms with van der Waals surface area (Å²) in [6.07, 6.45) is 3.30. The van der Waals surface area contributed by atoms with E-state index in [0.29, 0.717) is 5.82 Å². The van der Waals surface area contributed by atoms with Crippen molar-refractivity contribution < 1.29 is 0 Å². The van der Waals surface area contributed by atoms with Gasteiger partial charge in [0.2, 0.25) is 0 Å². The molecule has 0 saturated heterocycles. The fourth-order valence-corrected chi connectivity index (χ4v) is 1.79. The summed E-state index contributed by atoms with van der Waals surface area (Å²) in [5.74, 6) is 0.617. The van der Waals surface area contributed by atoms with Gasteiger partial charge in [0.05, 0.1) is 6.34 Å². The van der Waals surface area contributed by atoms with E-state index in [9.17, 15) is 0 Å². The van der Waals surface area contributed by atoms with Gasteiger partial charge in [-0.05, 0) is 11.6 Å². The van der Waals surface area contributed by atoms with Crippen molar-refractivity contribution in [1.82, 2.24) is 5.32 Å². The zero-order valence-corrected chi connectivity index (χ0v) is 9.22. The maximum atomic E-state index is 6.23. The van der Waals surface area contributed by atoms with Crippen LogP contribution in [0.1, 0.15) is 18.4 Å². The van der Waals surface area contributed by atoms with Crippen LogP contribution >= 0.6 is 0 Å². The second-order valence-corrected chi connectivity index (χ2v) is 4.02. The molecule has 0 radical (unpaired) electrons. The molecule has 0 saturated carbocycles. The molecular formula is C12H16N4. The molecular weight excluding hydrogens is 200 g/mol. The van der Waals surface area contributed by atoms with Crippen molar-refractivity contribution in [1.29, 1.82) is 0 Å². The molecule has 16 heavy (non-hydrogen) atoms. The molecule has 1 unspecified atom stereocenters. The Morgan fingerprint density at radius 3 is 2.62 bits per heavy atom. The zero-order chi connectivity index (χ0) is 11.6. The minimum absolute atomic E-state index is 0.0746. The van der Waals surface area contributed by atoms with Crippen LogP contribution in [0.4, 0.5) is 0 Å². The van der Waals surface area contributed by atoms with E-state index < -0.39 is 5.66 Å². The van der Waals surface area contributed by atoms with Crippen LogP contribution in [0.25, 0.3) is 0 Å². The number of nitrogens with zero attached hydrogens (tertiary/aromatic N) is 1. The lowest BCUT2D eigenvalue weighted by Crippen LogP contribution is -2.46. The normalized spacial score (nSPS) is 25.8. The Balaban J connectivity index is 2.31. The molecule has 0 fully saturated rings. The van der Waals surface area contributed by atoms with Crippen LogP contribution in [0.3, 0.4) is 0 Å². The van der Waals surface area contributed by atoms with Gasteiger partial charge in [0.25, 0.3) is 0 Å². The van der Waals surface area contributed by atoms with Crippen LogP contribution in [0.15, 0.2) is 47.2 Å². The number of hydrogen-bond donors (Lipinski definition) is 3. The van der Waals surface area contributed by atoms with Crippen molar-refractivity contribution in [3.8, 4) is 0 Å². The van der Waals surface area contributed by atoms with Gasteiger partial charge >= 0.3 is 0 Å². The molecule has 2 atom stereocenters. The lowest BCUT2D eigenvalue weighted by atomic mass is 9.88. The van der Waals surface area contributed by atoms with Gasteiger partial charge < -0.3 is 16.8 Å². The van der Waals surface area contributed by atoms with Crippen molar-refractivity contribution in [3.05, 3.63) is 47.8 Å². The Morgan fingerprint density at radius 1 is 1.31 bits per heavy atom. The molecule has 0 bridgehead atoms. The Hall–Kier alpha value is -1.81. The first-order valence-corrected chi connectivity index (χ1v) is 5.24. The van der Waals surface area contributed by atoms with E-state index >= 15 is 0 Å². The third-order valence-corrected chi connectivity index (χ3v) is 2.90. The maximum absolute atomic E-state index is 6.23. The second kappa shape index (κ2) is 3.98. The molecule has 0 aromatic heterocycles. The van der Waals surface area contributed by atoms with Crippen LogP contribution in [0.5, 0.6) is 0 Å². The summed E-state index contributed by atoms with van der Waals surface area (Å²) in [6.45, 7) is 2.04. The first kappa shape index (κ1) is 10.7. The van der Waals surface area contributed by atoms with Crippen molar-refractivity contribution in [3.63, 3.8) is 0 Å². The third-order valence-electron chi connectivity index (χ3n) is 2.90. The highest BCUT2D eigenvalue weighted by Gasteiger charge is 2.31. The molecule has 0 aliphatic carbocycles. The topological polar surface area (TPSA) is 76.4 Å². The summed E-state index contributed by atoms with van der Waals surface area (Å²) in [5, 5.41) is 2.81. The highest BCUT2D eigenvalue weighted by molar-refractivity contribution is 5.60. The molecule has 1 aromatic carbocycles. The average Bonchev–Trinajstić information content (AvgIpc) is 2.29. The second-order valence-electron chi connectivity index (χ2n) is 4.02. The average molecular weight is 216 g/mol. The SMILES string of the molecule is C[C@@H](c1ccccc1)C1(N)C=C(N)NC=N1. The number of benzene rings is 1. The lowest BCUT2D eigenvalue weighted by molar-refractivity contribution is 0.457. The van der Waals surface area contributed by atoms with E-state index in [-0.39, 0.29) is 5.92 Å². The van der Waals surface area contributed by atoms with Gasteiger partial charge in [-0.1, -0.05) is 37.3 Å². The summed E-state index contributed by atoms with van der Waals surface area (Å²) in [7, 11) is 0. The largest absolute Gasteiger partial charge is 0.385 e. The van der Waals surface area contributed by atoms with Crippen LogP contribution in [0, 0.1) is 0 Å². The fourth-order valence-electron chi connectivity index (χ4n) is 1.79. The van der Waals surface area contributed by atoms with Gasteiger partial charge in [0, 0.05) is 5.92 Å². The van der Waals surface area contributed by atoms with Crippen LogP contribution in [-0.4, -0.2) is 12.0 Å². The smallest absolute Gasteiger partial charge is 0.138 e. The molecule has 5 N–H and O–H groups in total. The van der Waals surface area contributed by atoms with Gasteiger partial charge in [0.1, 0.15) is 11.5 Å². The van der Waals surface area contributed by atoms with E-state index in [2.05, 4.69) is 10.3 Å². The van der Waals surface area contributed by atoms with Crippen molar-refractivity contribution in [2.75, 3.05) is 0 Å². The van der Waals surface area contributed by atoms with Crippen molar-refractivity contribution in [2.24, 2.45) is 16.5 Å². The molecule has 1 aromatic rings. The number of nitrogens with one attached hydrogen (secondary N) is 1. The van der Waals surface area contributed by atoms with Gasteiger partial charge in [-0.3, -0.25) is 0 Å². The summed E-state index contributed by atoms with van der Waals surface area (Å²) < 4.78 is 0. The molecule has 2 rings (SSSR count). The van der Waals surface area contributed by atoms with E-state index in [1.807, 2.05) is 37.3 Å². The van der Waals surface area contributed by atoms with Crippen molar-refractivity contribution in [2.45, 2.75) is 18.5 Å². The van der Waals surface area contributed by atoms with Gasteiger partial charge in [0.15, 0.2) is 0 Å². The number of nitrogens with two attached hydrogens (primary N) is 2. The molecule has 4 heteroatoms. The first-order valence-electron chi connectivity index (χ1n) is 5.24. The van der Waals surface area contributed by atoms with Gasteiger partial charge in [-0.15, -0.1) is 0 Å². The van der Waals surface area contributed by atoms with E-state index in [1.54, 1.807) is 12.4 Å². The predicted molar refractivity (Wildman–Crippen MR) is 65.7 cm³/mol. The quantitative estimate of drug-likeness (QED) is 0.686. The predicted octanol–water partition coefficient (Wildman–Crippen LogP) is 0.877. The summed E-state index contributed by atoms with van der Waals surface area (Å²) in [6, 6.07) is 10.1. The molecule has 4 nitrogen and oxygen atoms in total. The zero-order valence-electron chi connectivity index (χ0n) is 9.22. The highest BCUT2D eigenvalue weighted by Crippen LogP contribution is 2.29. The standard InChI is InChI=1S/C12H16N4/c1-9(10-5-3-2-4-6-10)12(14)7-11(13)15-8-16-12/h2-9H,13-14H2,1H3,(H,15,16)/t9-,12?/m0/s1. The Labute approximate surface area is 95.1 Å². The van der Waals surface area contributed by atoms with Crippen LogP contribution < -0.4 is 16.8 Å². The Kier molecular flexibility index (Phi) is 2.66. The Bertz CT molecular complexity index is 424. The highest BCUT2D eigenvalue weighted by atomic mass is 15.1. The fraction of sp³-hybridized carbons (Fsp3) is 0.250. The number of hydrogen-bond acceptors (Lipinski definition) is 4. The Morgan fingerprint density at radius 2 is 2.00 bits per heavy atom. The lowest BCUT2D eigenvalue weighted by Gasteiger charge is -2.31. The summed E-state index contributed by atoms with van der Waals surface area (Å²) in [5.41, 5.74) is 12.3. The van der Waals surface area contributed by atoms with Crippen LogP contribution in [-0.2, 0) is 0 Å². The molecule has 84 valence electrons. The number of rotatable bonds is 2. The summed E-state index contributed by atoms with van der Waals surface area (Å²) in [4.78, 5) is 4.27. The molecule has 0 amide bonds. The summed E-state index contributed by atoms with van der Waals surface area (Å²) >= 11 is 0. The minimum atomic E-state index is -0.767. The monoisotopic (exact) mass is 216 g/mol. The van der Waals surface area contributed by atoms with E-state index in [0.717, 1.165) is 5.56 Å². The molecule has 1 aliphatic heterocycles. The minimum Gasteiger partial charge on any atom is -0.385 e. The molecule has 1 aliphatic rings. The van der Waals surface area contributed by atoms with E-state index in [1.165, 1.54) is 0 Å². The van der Waals surface area contributed by atoms with Crippen LogP contribution in [0.2, 0.25) is 0 Å². The molecule has 0 spiro atoms. The number of aliphatic imine (C=N–C) groups is 1. The maximum Gasteiger partial charge on any atom is 0.138 e. The van der Waals surface area contributed by atoms with Crippen molar-refractivity contribution >= 4 is 6.34 Å². The third kappa shape index (κ3) is 1.92. The van der Waals surface area contributed by atoms with E-state index in [4.69, 9.17) is 11.5 Å². The van der Waals surface area contributed by atoms with Gasteiger partial charge in [-0.2, -0.15) is 0 Å². The van der Waals surface area contributed by atoms with Gasteiger partial charge in [-0.25, -0.2) is 4.99 Å².